The third kappa shape index (κ3) is 3.26. The summed E-state index contributed by atoms with van der Waals surface area (Å²) in [5.41, 5.74) is 0.430. The Balaban J connectivity index is 1.51. The molecule has 1 aliphatic heterocycles. The summed E-state index contributed by atoms with van der Waals surface area (Å²) < 4.78 is 48.6. The maximum absolute atomic E-state index is 16.7. The third-order valence-corrected chi connectivity index (χ3v) is 8.34. The van der Waals surface area contributed by atoms with Crippen LogP contribution in [0.2, 0.25) is 0 Å². The number of amides is 2. The lowest BCUT2D eigenvalue weighted by Crippen LogP contribution is -2.39. The Labute approximate surface area is 193 Å². The van der Waals surface area contributed by atoms with Crippen LogP contribution in [0, 0.1) is 5.92 Å². The number of fused-ring (bicyclic) bond motifs is 1. The van der Waals surface area contributed by atoms with Crippen molar-refractivity contribution >= 4 is 27.4 Å². The Bertz CT molecular complexity index is 1390. The molecule has 2 atom stereocenters. The first-order valence-electron chi connectivity index (χ1n) is 10.5. The second-order valence-corrected chi connectivity index (χ2v) is 10.3. The molecule has 0 bridgehead atoms. The SMILES string of the molecule is O=C1CCC(C(F)(c2nc(CN3C(=O)c4ccccc4C3=O)no2)S(=O)(=O)c2ccccc2)C1. The largest absolute Gasteiger partial charge is 0.334 e. The summed E-state index contributed by atoms with van der Waals surface area (Å²) in [4.78, 5) is 41.7. The molecule has 0 radical (unpaired) electrons. The van der Waals surface area contributed by atoms with Crippen molar-refractivity contribution in [3.05, 3.63) is 77.4 Å². The van der Waals surface area contributed by atoms with Gasteiger partial charge in [-0.25, -0.2) is 12.8 Å². The second kappa shape index (κ2) is 7.94. The number of halogens is 1. The van der Waals surface area contributed by atoms with E-state index in [0.29, 0.717) is 0 Å². The first kappa shape index (κ1) is 22.1. The normalized spacial score (nSPS) is 20.0. The molecule has 1 aliphatic carbocycles. The summed E-state index contributed by atoms with van der Waals surface area (Å²) in [7, 11) is -4.70. The zero-order valence-electron chi connectivity index (χ0n) is 17.7. The Morgan fingerprint density at radius 2 is 1.62 bits per heavy atom. The number of aromatic nitrogens is 2. The molecular weight excluding hydrogens is 465 g/mol. The highest BCUT2D eigenvalue weighted by molar-refractivity contribution is 7.92. The van der Waals surface area contributed by atoms with Crippen molar-refractivity contribution in [2.24, 2.45) is 5.92 Å². The monoisotopic (exact) mass is 483 g/mol. The Morgan fingerprint density at radius 1 is 1.00 bits per heavy atom. The smallest absolute Gasteiger partial charge is 0.295 e. The molecule has 0 spiro atoms. The van der Waals surface area contributed by atoms with Crippen molar-refractivity contribution in [1.29, 1.82) is 0 Å². The lowest BCUT2D eigenvalue weighted by Gasteiger charge is -2.27. The van der Waals surface area contributed by atoms with E-state index in [9.17, 15) is 22.8 Å². The third-order valence-electron chi connectivity index (χ3n) is 6.15. The molecule has 11 heteroatoms. The molecule has 3 aromatic rings. The molecule has 0 N–H and O–H groups in total. The van der Waals surface area contributed by atoms with E-state index in [0.717, 1.165) is 4.90 Å². The number of carbonyl (C=O) groups is 3. The number of imide groups is 1. The van der Waals surface area contributed by atoms with E-state index in [1.807, 2.05) is 0 Å². The Morgan fingerprint density at radius 3 is 2.21 bits per heavy atom. The lowest BCUT2D eigenvalue weighted by atomic mass is 10.0. The number of carbonyl (C=O) groups excluding carboxylic acids is 3. The topological polar surface area (TPSA) is 128 Å². The number of ketones is 1. The predicted molar refractivity (Wildman–Crippen MR) is 114 cm³/mol. The summed E-state index contributed by atoms with van der Waals surface area (Å²) in [5, 5.41) is 0.495. The molecule has 2 aromatic carbocycles. The Hall–Kier alpha value is -3.73. The van der Waals surface area contributed by atoms with Crippen LogP contribution < -0.4 is 0 Å². The van der Waals surface area contributed by atoms with Gasteiger partial charge in [0.1, 0.15) is 5.78 Å². The number of nitrogens with zero attached hydrogens (tertiary/aromatic N) is 3. The summed E-state index contributed by atoms with van der Waals surface area (Å²) in [5.74, 6) is -3.70. The summed E-state index contributed by atoms with van der Waals surface area (Å²) in [6, 6.07) is 13.2. The molecule has 2 amide bonds. The van der Waals surface area contributed by atoms with Crippen LogP contribution in [0.25, 0.3) is 0 Å². The number of hydrogen-bond donors (Lipinski definition) is 0. The summed E-state index contributed by atoms with van der Waals surface area (Å²) in [6.45, 7) is -0.430. The first-order valence-corrected chi connectivity index (χ1v) is 12.0. The predicted octanol–water partition coefficient (Wildman–Crippen LogP) is 2.83. The zero-order chi connectivity index (χ0) is 24.1. The lowest BCUT2D eigenvalue weighted by molar-refractivity contribution is -0.117. The van der Waals surface area contributed by atoms with Crippen LogP contribution in [0.15, 0.2) is 64.0 Å². The van der Waals surface area contributed by atoms with Gasteiger partial charge in [0.2, 0.25) is 9.84 Å². The number of hydrogen-bond acceptors (Lipinski definition) is 8. The first-order chi connectivity index (χ1) is 16.2. The van der Waals surface area contributed by atoms with Gasteiger partial charge in [-0.3, -0.25) is 19.3 Å². The van der Waals surface area contributed by atoms with Gasteiger partial charge >= 0.3 is 0 Å². The number of sulfone groups is 1. The van der Waals surface area contributed by atoms with Crippen LogP contribution in [0.3, 0.4) is 0 Å². The molecule has 174 valence electrons. The highest BCUT2D eigenvalue weighted by Crippen LogP contribution is 2.48. The molecule has 2 aliphatic rings. The summed E-state index contributed by atoms with van der Waals surface area (Å²) in [6.07, 6.45) is -0.257. The fourth-order valence-electron chi connectivity index (χ4n) is 4.39. The van der Waals surface area contributed by atoms with Crippen LogP contribution >= 0.6 is 0 Å². The van der Waals surface area contributed by atoms with Crippen molar-refractivity contribution in [2.75, 3.05) is 0 Å². The van der Waals surface area contributed by atoms with Crippen LogP contribution in [-0.2, 0) is 26.2 Å². The molecule has 1 aromatic heterocycles. The molecule has 34 heavy (non-hydrogen) atoms. The van der Waals surface area contributed by atoms with Gasteiger partial charge in [-0.2, -0.15) is 4.98 Å². The van der Waals surface area contributed by atoms with E-state index in [-0.39, 0.29) is 46.9 Å². The average Bonchev–Trinajstić information content (AvgIpc) is 3.56. The van der Waals surface area contributed by atoms with Crippen LogP contribution in [0.1, 0.15) is 51.7 Å². The van der Waals surface area contributed by atoms with Crippen LogP contribution in [0.4, 0.5) is 4.39 Å². The van der Waals surface area contributed by atoms with Gasteiger partial charge < -0.3 is 4.52 Å². The highest BCUT2D eigenvalue weighted by Gasteiger charge is 2.59. The molecule has 2 heterocycles. The van der Waals surface area contributed by atoms with Crippen molar-refractivity contribution in [1.82, 2.24) is 15.0 Å². The molecule has 9 nitrogen and oxygen atoms in total. The molecule has 5 rings (SSSR count). The maximum Gasteiger partial charge on any atom is 0.295 e. The van der Waals surface area contributed by atoms with Crippen molar-refractivity contribution in [3.63, 3.8) is 0 Å². The maximum atomic E-state index is 16.7. The van der Waals surface area contributed by atoms with Crippen molar-refractivity contribution in [2.45, 2.75) is 35.7 Å². The van der Waals surface area contributed by atoms with Gasteiger partial charge in [0.25, 0.3) is 22.7 Å². The number of rotatable bonds is 6. The number of benzene rings is 2. The van der Waals surface area contributed by atoms with Gasteiger partial charge in [-0.15, -0.1) is 0 Å². The standard InChI is InChI=1S/C23H18FN3O6S/c24-23(14-10-11-15(28)12-14,34(31,32)16-6-2-1-3-7-16)22-25-19(26-33-22)13-27-20(29)17-8-4-5-9-18(17)21(27)30/h1-9,14H,10-13H2. The molecule has 2 unspecified atom stereocenters. The van der Waals surface area contributed by atoms with E-state index in [1.165, 1.54) is 36.4 Å². The fraction of sp³-hybridized carbons (Fsp3) is 0.261. The van der Waals surface area contributed by atoms with Gasteiger partial charge in [0.15, 0.2) is 5.82 Å². The van der Waals surface area contributed by atoms with E-state index >= 15 is 4.39 Å². The van der Waals surface area contributed by atoms with E-state index in [2.05, 4.69) is 10.1 Å². The quantitative estimate of drug-likeness (QED) is 0.490. The minimum absolute atomic E-state index is 0.00246. The average molecular weight is 483 g/mol. The molecule has 0 saturated heterocycles. The molecule has 1 saturated carbocycles. The van der Waals surface area contributed by atoms with E-state index in [1.54, 1.807) is 18.2 Å². The summed E-state index contributed by atoms with van der Waals surface area (Å²) >= 11 is 0. The van der Waals surface area contributed by atoms with E-state index in [4.69, 9.17) is 4.52 Å². The van der Waals surface area contributed by atoms with Gasteiger partial charge in [0.05, 0.1) is 22.6 Å². The van der Waals surface area contributed by atoms with Gasteiger partial charge in [-0.05, 0) is 30.7 Å². The van der Waals surface area contributed by atoms with Crippen LogP contribution in [0.5, 0.6) is 0 Å². The van der Waals surface area contributed by atoms with Crippen molar-refractivity contribution in [3.8, 4) is 0 Å². The number of Topliss-reactive ketones (excluding diaryl/α,β-unsaturated/α-hetero) is 1. The zero-order valence-corrected chi connectivity index (χ0v) is 18.5. The van der Waals surface area contributed by atoms with Crippen LogP contribution in [-0.4, -0.2) is 41.1 Å². The van der Waals surface area contributed by atoms with Crippen molar-refractivity contribution < 1.29 is 31.7 Å². The Kier molecular flexibility index (Phi) is 5.16. The second-order valence-electron chi connectivity index (χ2n) is 8.20. The van der Waals surface area contributed by atoms with Gasteiger partial charge in [-0.1, -0.05) is 35.5 Å². The molecular formula is C23H18FN3O6S. The fourth-order valence-corrected chi connectivity index (χ4v) is 6.20. The van der Waals surface area contributed by atoms with E-state index < -0.39 is 45.0 Å². The number of alkyl halides is 1. The molecule has 1 fully saturated rings. The highest BCUT2D eigenvalue weighted by atomic mass is 32.2. The minimum Gasteiger partial charge on any atom is -0.334 e. The minimum atomic E-state index is -4.70. The van der Waals surface area contributed by atoms with Gasteiger partial charge in [0, 0.05) is 18.8 Å².